The molecule has 0 saturated carbocycles. The molecule has 3 aromatic heterocycles. The van der Waals surface area contributed by atoms with Crippen LogP contribution in [0.1, 0.15) is 165 Å². The molecule has 2 saturated heterocycles. The second-order valence-electron chi connectivity index (χ2n) is 27.6. The van der Waals surface area contributed by atoms with Crippen LogP contribution < -0.4 is 41.4 Å². The monoisotopic (exact) mass is 1620 g/mol. The van der Waals surface area contributed by atoms with Crippen LogP contribution in [0.2, 0.25) is 0 Å². The quantitative estimate of drug-likeness (QED) is 0.0224. The standard InChI is InChI=1S/C78H117BN12O24/c1-2-3-4-5-6-20-69(92)81-27-11-8-17-65(77(101)102)88-75(98)63(87-71(94)25-36-107-42-48-113-49-43-108-37-29-83-72(95)56-115-59-22-23-61-62(24-28-80-66(61)51-59)74(97)84-53-73(96)91-30-14-19-68(91)79(105)106)16-7-10-26-82-70(93)21-9-12-35-114-60-50-58(86-67(52-60)78(103)104)55-90-33-40-111-46-44-109-38-31-89(32-39-110-45-47-112-41-34-90)54-57-15-13-18-64(85-57)76(99)100/h13,15,18,22-24,28,50-52,63,65,68,105-106H,2-12,14,16-17,19-21,25-27,29-49,53-56H2,1H3,(H,81,92)(H,82,93)(H,83,95)(H,84,97)(H,87,94)(H,88,98)(H,99,100)(H,101,102)(H,103,104)/t63-,65-,68-/m0/s1. The van der Waals surface area contributed by atoms with Gasteiger partial charge in [-0.1, -0.05) is 38.7 Å². The fourth-order valence-corrected chi connectivity index (χ4v) is 12.4. The summed E-state index contributed by atoms with van der Waals surface area (Å²) in [5.74, 6) is -6.51. The Balaban J connectivity index is 0.856. The zero-order valence-corrected chi connectivity index (χ0v) is 66.1. The predicted octanol–water partition coefficient (Wildman–Crippen LogP) is 2.71. The van der Waals surface area contributed by atoms with Crippen LogP contribution in [0.15, 0.2) is 60.8 Å². The summed E-state index contributed by atoms with van der Waals surface area (Å²) in [7, 11) is -1.67. The molecule has 6 rings (SSSR count). The minimum atomic E-state index is -1.67. The number of carbonyl (C=O) groups excluding carboxylic acids is 7. The number of rotatable bonds is 51. The van der Waals surface area contributed by atoms with Gasteiger partial charge in [-0.15, -0.1) is 0 Å². The number of likely N-dealkylation sites (tertiary alicyclic amines) is 1. The Morgan fingerprint density at radius 2 is 1.12 bits per heavy atom. The van der Waals surface area contributed by atoms with Crippen LogP contribution in [0.5, 0.6) is 11.5 Å². The van der Waals surface area contributed by atoms with E-state index in [9.17, 15) is 73.3 Å². The normalized spacial score (nSPS) is 15.4. The number of nitrogens with one attached hydrogen (secondary N) is 6. The molecule has 0 aliphatic carbocycles. The molecular formula is C78H117BN12O24. The first-order valence-electron chi connectivity index (χ1n) is 39.9. The summed E-state index contributed by atoms with van der Waals surface area (Å²) < 4.78 is 51.9. The number of carboxylic acid groups (broad SMARTS) is 3. The molecule has 636 valence electrons. The third kappa shape index (κ3) is 39.4. The fourth-order valence-electron chi connectivity index (χ4n) is 12.4. The summed E-state index contributed by atoms with van der Waals surface area (Å²) in [6.07, 6.45) is 10.9. The Morgan fingerprint density at radius 1 is 0.530 bits per heavy atom. The Hall–Kier alpha value is -9.15. The molecule has 0 bridgehead atoms. The van der Waals surface area contributed by atoms with E-state index in [1.807, 2.05) is 4.90 Å². The molecule has 4 aromatic rings. The van der Waals surface area contributed by atoms with Gasteiger partial charge in [0.15, 0.2) is 12.3 Å². The lowest BCUT2D eigenvalue weighted by atomic mass is 9.78. The third-order valence-electron chi connectivity index (χ3n) is 18.6. The number of unbranched alkanes of at least 4 members (excludes halogenated alkanes) is 7. The molecule has 37 heteroatoms. The highest BCUT2D eigenvalue weighted by Crippen LogP contribution is 2.24. The van der Waals surface area contributed by atoms with Gasteiger partial charge in [-0.25, -0.2) is 24.4 Å². The first-order valence-corrected chi connectivity index (χ1v) is 39.9. The van der Waals surface area contributed by atoms with Crippen molar-refractivity contribution in [1.82, 2.24) is 61.6 Å². The van der Waals surface area contributed by atoms with Crippen LogP contribution in [0, 0.1) is 0 Å². The average molecular weight is 1620 g/mol. The maximum absolute atomic E-state index is 13.8. The fraction of sp³-hybridized carbons (Fsp3) is 0.628. The molecule has 2 aliphatic heterocycles. The number of pyridine rings is 3. The van der Waals surface area contributed by atoms with E-state index < -0.39 is 72.6 Å². The number of fused-ring (bicyclic) bond motifs is 1. The molecule has 2 fully saturated rings. The number of benzene rings is 1. The van der Waals surface area contributed by atoms with Crippen LogP contribution in [-0.2, 0) is 79.8 Å². The molecule has 5 heterocycles. The summed E-state index contributed by atoms with van der Waals surface area (Å²) in [5.41, 5.74) is 1.54. The maximum atomic E-state index is 13.8. The van der Waals surface area contributed by atoms with Gasteiger partial charge in [0.2, 0.25) is 29.5 Å². The molecule has 2 aliphatic rings. The summed E-state index contributed by atoms with van der Waals surface area (Å²) in [5, 5.41) is 65.5. The van der Waals surface area contributed by atoms with E-state index in [2.05, 4.69) is 58.7 Å². The number of carbonyl (C=O) groups is 10. The van der Waals surface area contributed by atoms with E-state index >= 15 is 0 Å². The molecule has 7 amide bonds. The highest BCUT2D eigenvalue weighted by atomic mass is 16.5. The van der Waals surface area contributed by atoms with Crippen molar-refractivity contribution in [2.75, 3.05) is 165 Å². The molecule has 0 spiro atoms. The predicted molar refractivity (Wildman–Crippen MR) is 419 cm³/mol. The lowest BCUT2D eigenvalue weighted by Crippen LogP contribution is -2.51. The lowest BCUT2D eigenvalue weighted by molar-refractivity contribution is -0.142. The molecule has 0 radical (unpaired) electrons. The van der Waals surface area contributed by atoms with Crippen molar-refractivity contribution in [3.05, 3.63) is 89.1 Å². The minimum Gasteiger partial charge on any atom is -0.493 e. The molecule has 1 aromatic carbocycles. The van der Waals surface area contributed by atoms with Gasteiger partial charge in [-0.3, -0.25) is 48.3 Å². The number of aliphatic carboxylic acids is 1. The van der Waals surface area contributed by atoms with Crippen LogP contribution in [0.3, 0.4) is 0 Å². The van der Waals surface area contributed by atoms with Gasteiger partial charge in [-0.05, 0) is 101 Å². The number of carboxylic acids is 3. The molecule has 115 heavy (non-hydrogen) atoms. The number of nitrogens with zero attached hydrogens (tertiary/aromatic N) is 6. The van der Waals surface area contributed by atoms with E-state index in [0.29, 0.717) is 190 Å². The molecule has 3 atom stereocenters. The Bertz CT molecular complexity index is 3610. The second-order valence-corrected chi connectivity index (χ2v) is 27.6. The zero-order chi connectivity index (χ0) is 82.6. The zero-order valence-electron chi connectivity index (χ0n) is 66.1. The van der Waals surface area contributed by atoms with E-state index in [1.54, 1.807) is 36.4 Å². The van der Waals surface area contributed by atoms with Gasteiger partial charge in [0.1, 0.15) is 29.3 Å². The van der Waals surface area contributed by atoms with Crippen molar-refractivity contribution in [3.63, 3.8) is 0 Å². The number of ether oxygens (including phenoxy) is 9. The number of aromatic carboxylic acids is 2. The van der Waals surface area contributed by atoms with Crippen LogP contribution in [-0.4, -0.2) is 304 Å². The highest BCUT2D eigenvalue weighted by Gasteiger charge is 2.37. The van der Waals surface area contributed by atoms with Crippen molar-refractivity contribution in [2.24, 2.45) is 0 Å². The lowest BCUT2D eigenvalue weighted by Gasteiger charge is -2.24. The Kier molecular flexibility index (Phi) is 46.3. The minimum absolute atomic E-state index is 0.0173. The maximum Gasteiger partial charge on any atom is 0.475 e. The van der Waals surface area contributed by atoms with Gasteiger partial charge in [0.05, 0.1) is 134 Å². The Labute approximate surface area is 670 Å². The number of aromatic nitrogens is 3. The van der Waals surface area contributed by atoms with Gasteiger partial charge in [0, 0.05) is 114 Å². The van der Waals surface area contributed by atoms with Gasteiger partial charge < -0.3 is 105 Å². The number of hydrogen-bond donors (Lipinski definition) is 11. The summed E-state index contributed by atoms with van der Waals surface area (Å²) in [6, 6.07) is 11.8. The van der Waals surface area contributed by atoms with Crippen molar-refractivity contribution >= 4 is 77.3 Å². The summed E-state index contributed by atoms with van der Waals surface area (Å²) >= 11 is 0. The molecular weight excluding hydrogens is 1500 g/mol. The first-order chi connectivity index (χ1) is 55.8. The van der Waals surface area contributed by atoms with Gasteiger partial charge >= 0.3 is 25.0 Å². The highest BCUT2D eigenvalue weighted by molar-refractivity contribution is 6.43. The van der Waals surface area contributed by atoms with Crippen molar-refractivity contribution in [1.29, 1.82) is 0 Å². The number of amides is 7. The van der Waals surface area contributed by atoms with Gasteiger partial charge in [-0.2, -0.15) is 0 Å². The third-order valence-corrected chi connectivity index (χ3v) is 18.6. The van der Waals surface area contributed by atoms with Crippen molar-refractivity contribution < 1.29 is 116 Å². The average Bonchev–Trinajstić information content (AvgIpc) is 0.900. The first kappa shape index (κ1) is 94.7. The van der Waals surface area contributed by atoms with E-state index in [1.165, 1.54) is 29.3 Å². The SMILES string of the molecule is CCCCCCCC(=O)NCCCC[C@H](NC(=O)[C@H](CCCCNC(=O)CCCCOc1cc(CN2CCOCCOCCN(Cc3cccc(C(=O)O)n3)CCOCCOCC2)nc(C(=O)O)c1)NC(=O)CCOCCOCCOCCNC(=O)COc1ccc2c(C(=O)NCC(=O)N3CCC[C@H]3B(O)O)ccnc2c1)C(=O)O. The smallest absolute Gasteiger partial charge is 0.475 e. The van der Waals surface area contributed by atoms with Crippen LogP contribution >= 0.6 is 0 Å². The largest absolute Gasteiger partial charge is 0.493 e. The number of hydrogen-bond acceptors (Lipinski definition) is 26. The van der Waals surface area contributed by atoms with Crippen LogP contribution in [0.25, 0.3) is 10.9 Å². The van der Waals surface area contributed by atoms with Crippen LogP contribution in [0.4, 0.5) is 0 Å². The molecule has 11 N–H and O–H groups in total. The van der Waals surface area contributed by atoms with Crippen molar-refractivity contribution in [3.8, 4) is 11.5 Å². The molecule has 36 nitrogen and oxygen atoms in total. The summed E-state index contributed by atoms with van der Waals surface area (Å²) in [4.78, 5) is 145. The topological polar surface area (TPSA) is 475 Å². The molecule has 0 unspecified atom stereocenters. The van der Waals surface area contributed by atoms with E-state index in [-0.39, 0.29) is 133 Å². The van der Waals surface area contributed by atoms with Gasteiger partial charge in [0.25, 0.3) is 11.8 Å². The van der Waals surface area contributed by atoms with E-state index in [0.717, 1.165) is 32.1 Å². The second kappa shape index (κ2) is 56.2. The van der Waals surface area contributed by atoms with E-state index in [4.69, 9.17) is 42.6 Å². The summed E-state index contributed by atoms with van der Waals surface area (Å²) in [6.45, 7) is 9.30. The van der Waals surface area contributed by atoms with Crippen molar-refractivity contribution in [2.45, 2.75) is 154 Å². The Morgan fingerprint density at radius 3 is 1.75 bits per heavy atom.